The molecule has 1 amide bonds. The number of benzene rings is 3. The molecule has 2 heterocycles. The number of likely N-dealkylation sites (tertiary alicyclic amines) is 1. The number of carbonyl (C=O) groups excluding carboxylic acids is 1. The summed E-state index contributed by atoms with van der Waals surface area (Å²) in [4.78, 5) is 25.8. The number of anilines is 1. The summed E-state index contributed by atoms with van der Waals surface area (Å²) in [6, 6.07) is 14.8. The van der Waals surface area contributed by atoms with Crippen LogP contribution in [0.15, 0.2) is 65.6 Å². The highest BCUT2D eigenvalue weighted by Gasteiger charge is 2.36. The molecule has 0 bridgehead atoms. The van der Waals surface area contributed by atoms with E-state index in [1.807, 2.05) is 0 Å². The molecule has 3 aromatic rings. The molecule has 11 heteroatoms. The van der Waals surface area contributed by atoms with E-state index in [1.165, 1.54) is 40.7 Å². The summed E-state index contributed by atoms with van der Waals surface area (Å²) in [6.45, 7) is 2.41. The van der Waals surface area contributed by atoms with E-state index < -0.39 is 39.6 Å². The number of piperidine rings is 1. The number of hydrogen-bond donors (Lipinski definition) is 1. The van der Waals surface area contributed by atoms with E-state index in [4.69, 9.17) is 4.74 Å². The predicted molar refractivity (Wildman–Crippen MR) is 148 cm³/mol. The van der Waals surface area contributed by atoms with Crippen molar-refractivity contribution >= 4 is 27.6 Å². The van der Waals surface area contributed by atoms with Crippen LogP contribution < -0.4 is 9.04 Å². The van der Waals surface area contributed by atoms with Crippen LogP contribution in [0, 0.1) is 24.5 Å². The van der Waals surface area contributed by atoms with Gasteiger partial charge in [0.15, 0.2) is 11.6 Å². The Bertz CT molecular complexity index is 1590. The second kappa shape index (κ2) is 11.5. The van der Waals surface area contributed by atoms with Crippen molar-refractivity contribution in [3.63, 3.8) is 0 Å². The van der Waals surface area contributed by atoms with E-state index in [0.717, 1.165) is 11.6 Å². The molecular weight excluding hydrogens is 554 g/mol. The summed E-state index contributed by atoms with van der Waals surface area (Å²) in [5, 5.41) is 9.20. The molecule has 0 aromatic heterocycles. The van der Waals surface area contributed by atoms with Gasteiger partial charge in [-0.2, -0.15) is 0 Å². The quantitative estimate of drug-likeness (QED) is 0.419. The third-order valence-electron chi connectivity index (χ3n) is 7.61. The van der Waals surface area contributed by atoms with Crippen LogP contribution in [0.25, 0.3) is 11.1 Å². The number of nitrogens with zero attached hydrogens (tertiary/aromatic N) is 2. The average molecular weight is 585 g/mol. The average Bonchev–Trinajstić information content (AvgIpc) is 2.96. The Hall–Kier alpha value is -3.99. The molecule has 0 unspecified atom stereocenters. The second-order valence-electron chi connectivity index (χ2n) is 10.4. The lowest BCUT2D eigenvalue weighted by molar-refractivity contribution is -0.145. The fraction of sp³-hybridized carbons (Fsp3) is 0.333. The number of halogens is 2. The van der Waals surface area contributed by atoms with E-state index in [9.17, 15) is 31.9 Å². The van der Waals surface area contributed by atoms with Gasteiger partial charge in [-0.1, -0.05) is 30.3 Å². The van der Waals surface area contributed by atoms with Crippen molar-refractivity contribution in [1.82, 2.24) is 4.90 Å². The number of aryl methyl sites for hydroxylation is 1. The maximum absolute atomic E-state index is 14.6. The first-order valence-corrected chi connectivity index (χ1v) is 14.8. The Morgan fingerprint density at radius 1 is 1.02 bits per heavy atom. The van der Waals surface area contributed by atoms with E-state index in [2.05, 4.69) is 0 Å². The first-order valence-electron chi connectivity index (χ1n) is 13.4. The van der Waals surface area contributed by atoms with Gasteiger partial charge in [0.05, 0.1) is 23.0 Å². The normalized spacial score (nSPS) is 17.6. The van der Waals surface area contributed by atoms with Crippen LogP contribution in [0.1, 0.15) is 31.2 Å². The van der Waals surface area contributed by atoms with Crippen molar-refractivity contribution < 1.29 is 36.6 Å². The molecule has 3 aromatic carbocycles. The Labute approximate surface area is 237 Å². The fourth-order valence-electron chi connectivity index (χ4n) is 5.31. The van der Waals surface area contributed by atoms with Crippen LogP contribution in [-0.4, -0.2) is 56.0 Å². The summed E-state index contributed by atoms with van der Waals surface area (Å²) < 4.78 is 63.7. The Kier molecular flexibility index (Phi) is 7.99. The summed E-state index contributed by atoms with van der Waals surface area (Å²) in [5.41, 5.74) is 1.21. The van der Waals surface area contributed by atoms with Crippen LogP contribution >= 0.6 is 0 Å². The zero-order valence-corrected chi connectivity index (χ0v) is 23.2. The summed E-state index contributed by atoms with van der Waals surface area (Å²) >= 11 is 0. The second-order valence-corrected chi connectivity index (χ2v) is 12.3. The highest BCUT2D eigenvalue weighted by molar-refractivity contribution is 7.92. The molecule has 41 heavy (non-hydrogen) atoms. The fourth-order valence-corrected chi connectivity index (χ4v) is 6.91. The van der Waals surface area contributed by atoms with Gasteiger partial charge in [0, 0.05) is 25.1 Å². The van der Waals surface area contributed by atoms with Crippen LogP contribution in [0.5, 0.6) is 5.75 Å². The molecule has 8 nitrogen and oxygen atoms in total. The number of hydrogen-bond acceptors (Lipinski definition) is 5. The van der Waals surface area contributed by atoms with Crippen LogP contribution in [-0.2, 0) is 19.6 Å². The highest BCUT2D eigenvalue weighted by atomic mass is 32.2. The summed E-state index contributed by atoms with van der Waals surface area (Å²) in [6.07, 6.45) is 0.468. The number of carboxylic acid groups (broad SMARTS) is 1. The zero-order valence-electron chi connectivity index (χ0n) is 22.4. The maximum Gasteiger partial charge on any atom is 0.306 e. The molecule has 2 aliphatic heterocycles. The zero-order chi connectivity index (χ0) is 29.3. The van der Waals surface area contributed by atoms with Crippen LogP contribution in [0.2, 0.25) is 0 Å². The van der Waals surface area contributed by atoms with Gasteiger partial charge in [-0.05, 0) is 67.6 Å². The SMILES string of the molecule is Cc1cccc(S(=O)(=O)N2C[C@H](CCC(=O)N3CCC(C(=O)O)CC3)Oc3ccc(-c4cccc(F)c4F)cc32)c1. The summed E-state index contributed by atoms with van der Waals surface area (Å²) in [5.74, 6) is -3.27. The van der Waals surface area contributed by atoms with Crippen molar-refractivity contribution in [2.45, 2.75) is 43.6 Å². The third kappa shape index (κ3) is 5.90. The van der Waals surface area contributed by atoms with E-state index in [1.54, 1.807) is 30.0 Å². The maximum atomic E-state index is 14.6. The predicted octanol–water partition coefficient (Wildman–Crippen LogP) is 5.00. The Balaban J connectivity index is 1.42. The van der Waals surface area contributed by atoms with Gasteiger partial charge in [0.25, 0.3) is 10.0 Å². The van der Waals surface area contributed by atoms with Gasteiger partial charge in [0.2, 0.25) is 5.91 Å². The largest absolute Gasteiger partial charge is 0.486 e. The highest BCUT2D eigenvalue weighted by Crippen LogP contribution is 2.41. The van der Waals surface area contributed by atoms with Crippen LogP contribution in [0.4, 0.5) is 14.5 Å². The van der Waals surface area contributed by atoms with Crippen molar-refractivity contribution in [1.29, 1.82) is 0 Å². The smallest absolute Gasteiger partial charge is 0.306 e. The molecular formula is C30H30F2N2O6S. The lowest BCUT2D eigenvalue weighted by atomic mass is 9.97. The first kappa shape index (κ1) is 28.5. The van der Waals surface area contributed by atoms with Crippen molar-refractivity contribution in [3.05, 3.63) is 77.9 Å². The minimum absolute atomic E-state index is 0.0138. The Morgan fingerprint density at radius 3 is 2.46 bits per heavy atom. The lowest BCUT2D eigenvalue weighted by Gasteiger charge is -2.36. The van der Waals surface area contributed by atoms with E-state index in [-0.39, 0.29) is 52.8 Å². The molecule has 1 atom stereocenters. The van der Waals surface area contributed by atoms with E-state index >= 15 is 0 Å². The number of amides is 1. The van der Waals surface area contributed by atoms with Crippen LogP contribution in [0.3, 0.4) is 0 Å². The minimum atomic E-state index is -4.09. The van der Waals surface area contributed by atoms with Gasteiger partial charge < -0.3 is 14.7 Å². The topological polar surface area (TPSA) is 104 Å². The van der Waals surface area contributed by atoms with Gasteiger partial charge >= 0.3 is 5.97 Å². The molecule has 2 aliphatic rings. The third-order valence-corrected chi connectivity index (χ3v) is 9.38. The molecule has 216 valence electrons. The van der Waals surface area contributed by atoms with Crippen molar-refractivity contribution in [2.75, 3.05) is 23.9 Å². The van der Waals surface area contributed by atoms with Crippen molar-refractivity contribution in [3.8, 4) is 16.9 Å². The molecule has 1 N–H and O–H groups in total. The lowest BCUT2D eigenvalue weighted by Crippen LogP contribution is -2.44. The molecule has 0 radical (unpaired) electrons. The molecule has 0 saturated carbocycles. The number of sulfonamides is 1. The van der Waals surface area contributed by atoms with Gasteiger partial charge in [-0.25, -0.2) is 17.2 Å². The Morgan fingerprint density at radius 2 is 1.76 bits per heavy atom. The van der Waals surface area contributed by atoms with Crippen molar-refractivity contribution in [2.24, 2.45) is 5.92 Å². The number of fused-ring (bicyclic) bond motifs is 1. The summed E-state index contributed by atoms with van der Waals surface area (Å²) in [7, 11) is -4.09. The standard InChI is InChI=1S/C30H30F2N2O6S/c1-19-4-2-5-23(16-19)41(38,39)34-18-22(9-11-28(35)33-14-12-20(13-15-33)30(36)37)40-27-10-8-21(17-26(27)34)24-6-3-7-25(31)29(24)32/h2-8,10,16-17,20,22H,9,11-15,18H2,1H3,(H,36,37)/t22-/m0/s1. The molecule has 1 saturated heterocycles. The molecule has 0 spiro atoms. The van der Waals surface area contributed by atoms with Gasteiger partial charge in [0.1, 0.15) is 11.9 Å². The minimum Gasteiger partial charge on any atom is -0.486 e. The monoisotopic (exact) mass is 584 g/mol. The number of rotatable bonds is 7. The number of aliphatic carboxylic acids is 1. The number of ether oxygens (including phenoxy) is 1. The molecule has 1 fully saturated rings. The van der Waals surface area contributed by atoms with Gasteiger partial charge in [-0.3, -0.25) is 13.9 Å². The number of carbonyl (C=O) groups is 2. The molecule has 5 rings (SSSR count). The number of carboxylic acids is 1. The van der Waals surface area contributed by atoms with E-state index in [0.29, 0.717) is 25.9 Å². The molecule has 0 aliphatic carbocycles. The van der Waals surface area contributed by atoms with Gasteiger partial charge in [-0.15, -0.1) is 0 Å². The first-order chi connectivity index (χ1) is 19.5.